The quantitative estimate of drug-likeness (QED) is 0.563. The standard InChI is InChI=1S/C14H21N5S/c1-4-10-12(17-9-18-13(10)19-15)16-8-14(2,3)11-6-5-7-20-11/h5-7,9H,4,8,15H2,1-3H3,(H2,16,17,18,19). The monoisotopic (exact) mass is 291 g/mol. The number of hydrogen-bond acceptors (Lipinski definition) is 6. The minimum absolute atomic E-state index is 0.0560. The predicted molar refractivity (Wildman–Crippen MR) is 85.1 cm³/mol. The van der Waals surface area contributed by atoms with Gasteiger partial charge in [0, 0.05) is 22.4 Å². The summed E-state index contributed by atoms with van der Waals surface area (Å²) in [6.45, 7) is 7.32. The van der Waals surface area contributed by atoms with Crippen molar-refractivity contribution in [2.75, 3.05) is 17.3 Å². The van der Waals surface area contributed by atoms with E-state index in [1.54, 1.807) is 11.3 Å². The predicted octanol–water partition coefficient (Wildman–Crippen LogP) is 2.78. The van der Waals surface area contributed by atoms with E-state index in [9.17, 15) is 0 Å². The van der Waals surface area contributed by atoms with E-state index in [-0.39, 0.29) is 5.41 Å². The van der Waals surface area contributed by atoms with Crippen molar-refractivity contribution in [1.29, 1.82) is 0 Å². The summed E-state index contributed by atoms with van der Waals surface area (Å²) in [5.41, 5.74) is 3.69. The molecule has 2 aromatic heterocycles. The zero-order valence-electron chi connectivity index (χ0n) is 12.1. The van der Waals surface area contributed by atoms with E-state index in [1.165, 1.54) is 11.2 Å². The lowest BCUT2D eigenvalue weighted by Crippen LogP contribution is -2.27. The second kappa shape index (κ2) is 6.19. The zero-order valence-corrected chi connectivity index (χ0v) is 12.9. The Kier molecular flexibility index (Phi) is 4.57. The number of aromatic nitrogens is 2. The maximum atomic E-state index is 5.49. The lowest BCUT2D eigenvalue weighted by atomic mass is 9.91. The number of nitrogens with two attached hydrogens (primary N) is 1. The van der Waals surface area contributed by atoms with Gasteiger partial charge < -0.3 is 10.7 Å². The Morgan fingerprint density at radius 1 is 1.30 bits per heavy atom. The molecule has 0 amide bonds. The Bertz CT molecular complexity index is 551. The average molecular weight is 291 g/mol. The summed E-state index contributed by atoms with van der Waals surface area (Å²) in [4.78, 5) is 9.82. The van der Waals surface area contributed by atoms with Crippen LogP contribution in [0.1, 0.15) is 31.2 Å². The van der Waals surface area contributed by atoms with E-state index in [4.69, 9.17) is 5.84 Å². The van der Waals surface area contributed by atoms with Crippen molar-refractivity contribution in [3.8, 4) is 0 Å². The van der Waals surface area contributed by atoms with Gasteiger partial charge in [-0.1, -0.05) is 26.8 Å². The van der Waals surface area contributed by atoms with Crippen molar-refractivity contribution in [3.63, 3.8) is 0 Å². The lowest BCUT2D eigenvalue weighted by molar-refractivity contribution is 0.568. The second-order valence-electron chi connectivity index (χ2n) is 5.26. The molecule has 0 fully saturated rings. The summed E-state index contributed by atoms with van der Waals surface area (Å²) < 4.78 is 0. The molecule has 20 heavy (non-hydrogen) atoms. The molecule has 2 heterocycles. The van der Waals surface area contributed by atoms with Gasteiger partial charge in [0.15, 0.2) is 0 Å². The average Bonchev–Trinajstić information content (AvgIpc) is 2.99. The molecule has 108 valence electrons. The summed E-state index contributed by atoms with van der Waals surface area (Å²) in [7, 11) is 0. The molecular formula is C14H21N5S. The first-order valence-electron chi connectivity index (χ1n) is 6.67. The van der Waals surface area contributed by atoms with Crippen LogP contribution in [0.4, 0.5) is 11.6 Å². The molecular weight excluding hydrogens is 270 g/mol. The molecule has 0 bridgehead atoms. The third kappa shape index (κ3) is 3.08. The van der Waals surface area contributed by atoms with Gasteiger partial charge >= 0.3 is 0 Å². The highest BCUT2D eigenvalue weighted by atomic mass is 32.1. The molecule has 0 unspecified atom stereocenters. The molecule has 0 aliphatic carbocycles. The summed E-state index contributed by atoms with van der Waals surface area (Å²) in [5, 5.41) is 5.53. The van der Waals surface area contributed by atoms with Gasteiger partial charge in [0.2, 0.25) is 0 Å². The SMILES string of the molecule is CCc1c(NN)ncnc1NCC(C)(C)c1cccs1. The van der Waals surface area contributed by atoms with E-state index < -0.39 is 0 Å². The summed E-state index contributed by atoms with van der Waals surface area (Å²) in [6, 6.07) is 4.25. The maximum Gasteiger partial charge on any atom is 0.148 e. The minimum Gasteiger partial charge on any atom is -0.369 e. The Hall–Kier alpha value is -1.66. The fourth-order valence-electron chi connectivity index (χ4n) is 2.08. The highest BCUT2D eigenvalue weighted by molar-refractivity contribution is 7.10. The molecule has 0 saturated carbocycles. The molecule has 0 aromatic carbocycles. The van der Waals surface area contributed by atoms with Gasteiger partial charge in [-0.3, -0.25) is 0 Å². The number of hydrogen-bond donors (Lipinski definition) is 3. The molecule has 0 aliphatic heterocycles. The van der Waals surface area contributed by atoms with E-state index in [0.717, 1.165) is 24.3 Å². The number of thiophene rings is 1. The van der Waals surface area contributed by atoms with Crippen LogP contribution in [-0.2, 0) is 11.8 Å². The normalized spacial score (nSPS) is 11.4. The molecule has 4 N–H and O–H groups in total. The number of nitrogen functional groups attached to an aromatic ring is 1. The van der Waals surface area contributed by atoms with Crippen LogP contribution in [0.15, 0.2) is 23.8 Å². The van der Waals surface area contributed by atoms with Gasteiger partial charge in [0.1, 0.15) is 18.0 Å². The molecule has 2 aromatic rings. The van der Waals surface area contributed by atoms with Gasteiger partial charge in [0.05, 0.1) is 0 Å². The van der Waals surface area contributed by atoms with Crippen LogP contribution in [-0.4, -0.2) is 16.5 Å². The van der Waals surface area contributed by atoms with Crippen LogP contribution >= 0.6 is 11.3 Å². The van der Waals surface area contributed by atoms with Crippen molar-refractivity contribution in [3.05, 3.63) is 34.3 Å². The number of anilines is 2. The van der Waals surface area contributed by atoms with Crippen LogP contribution in [0.5, 0.6) is 0 Å². The molecule has 0 spiro atoms. The molecule has 2 rings (SSSR count). The largest absolute Gasteiger partial charge is 0.369 e. The van der Waals surface area contributed by atoms with E-state index >= 15 is 0 Å². The van der Waals surface area contributed by atoms with E-state index in [0.29, 0.717) is 5.82 Å². The van der Waals surface area contributed by atoms with E-state index in [1.807, 2.05) is 0 Å². The summed E-state index contributed by atoms with van der Waals surface area (Å²) >= 11 is 1.78. The number of hydrazine groups is 1. The van der Waals surface area contributed by atoms with Crippen LogP contribution in [0.25, 0.3) is 0 Å². The summed E-state index contributed by atoms with van der Waals surface area (Å²) in [5.74, 6) is 7.01. The smallest absolute Gasteiger partial charge is 0.148 e. The topological polar surface area (TPSA) is 75.9 Å². The Morgan fingerprint density at radius 2 is 2.05 bits per heavy atom. The van der Waals surface area contributed by atoms with Gasteiger partial charge in [-0.25, -0.2) is 15.8 Å². The first-order chi connectivity index (χ1) is 9.58. The third-order valence-corrected chi connectivity index (χ3v) is 4.56. The van der Waals surface area contributed by atoms with Crippen LogP contribution < -0.4 is 16.6 Å². The fraction of sp³-hybridized carbons (Fsp3) is 0.429. The van der Waals surface area contributed by atoms with Crippen molar-refractivity contribution < 1.29 is 0 Å². The first-order valence-corrected chi connectivity index (χ1v) is 7.54. The van der Waals surface area contributed by atoms with Gasteiger partial charge in [0.25, 0.3) is 0 Å². The van der Waals surface area contributed by atoms with Crippen LogP contribution in [0, 0.1) is 0 Å². The Labute approximate surface area is 123 Å². The van der Waals surface area contributed by atoms with Gasteiger partial charge in [-0.05, 0) is 17.9 Å². The molecule has 6 heteroatoms. The van der Waals surface area contributed by atoms with Crippen molar-refractivity contribution in [2.45, 2.75) is 32.6 Å². The van der Waals surface area contributed by atoms with Crippen LogP contribution in [0.3, 0.4) is 0 Å². The lowest BCUT2D eigenvalue weighted by Gasteiger charge is -2.24. The van der Waals surface area contributed by atoms with E-state index in [2.05, 4.69) is 59.0 Å². The summed E-state index contributed by atoms with van der Waals surface area (Å²) in [6.07, 6.45) is 2.34. The fourth-order valence-corrected chi connectivity index (χ4v) is 2.93. The molecule has 0 saturated heterocycles. The molecule has 0 atom stereocenters. The van der Waals surface area contributed by atoms with Crippen molar-refractivity contribution in [2.24, 2.45) is 5.84 Å². The number of nitrogens with one attached hydrogen (secondary N) is 2. The number of nitrogens with zero attached hydrogens (tertiary/aromatic N) is 2. The molecule has 5 nitrogen and oxygen atoms in total. The minimum atomic E-state index is 0.0560. The van der Waals surface area contributed by atoms with Crippen molar-refractivity contribution >= 4 is 23.0 Å². The number of rotatable bonds is 6. The second-order valence-corrected chi connectivity index (χ2v) is 6.21. The highest BCUT2D eigenvalue weighted by Crippen LogP contribution is 2.28. The maximum absolute atomic E-state index is 5.49. The van der Waals surface area contributed by atoms with Crippen molar-refractivity contribution in [1.82, 2.24) is 9.97 Å². The molecule has 0 aliphatic rings. The third-order valence-electron chi connectivity index (χ3n) is 3.32. The van der Waals surface area contributed by atoms with Gasteiger partial charge in [-0.15, -0.1) is 11.3 Å². The first kappa shape index (κ1) is 14.7. The molecule has 0 radical (unpaired) electrons. The van der Waals surface area contributed by atoms with Crippen LogP contribution in [0.2, 0.25) is 0 Å². The Morgan fingerprint density at radius 3 is 2.65 bits per heavy atom. The zero-order chi connectivity index (χ0) is 14.6. The van der Waals surface area contributed by atoms with Gasteiger partial charge in [-0.2, -0.15) is 0 Å². The Balaban J connectivity index is 2.15. The highest BCUT2D eigenvalue weighted by Gasteiger charge is 2.22.